The number of furan rings is 1. The fourth-order valence-electron chi connectivity index (χ4n) is 2.46. The van der Waals surface area contributed by atoms with Crippen LogP contribution in [0, 0.1) is 0 Å². The van der Waals surface area contributed by atoms with E-state index in [2.05, 4.69) is 10.3 Å². The number of amides is 1. The molecular formula is C18H18N2O3. The Morgan fingerprint density at radius 2 is 2.09 bits per heavy atom. The Balaban J connectivity index is 1.86. The van der Waals surface area contributed by atoms with Gasteiger partial charge >= 0.3 is 0 Å². The molecule has 5 nitrogen and oxygen atoms in total. The summed E-state index contributed by atoms with van der Waals surface area (Å²) in [6.45, 7) is 4.37. The Bertz CT molecular complexity index is 812. The molecule has 3 rings (SSSR count). The molecule has 0 unspecified atom stereocenters. The normalized spacial score (nSPS) is 12.1. The first-order valence-corrected chi connectivity index (χ1v) is 7.54. The van der Waals surface area contributed by atoms with Crippen molar-refractivity contribution in [3.63, 3.8) is 0 Å². The third kappa shape index (κ3) is 3.18. The first kappa shape index (κ1) is 15.1. The highest BCUT2D eigenvalue weighted by Crippen LogP contribution is 2.29. The molecule has 0 saturated carbocycles. The van der Waals surface area contributed by atoms with E-state index in [9.17, 15) is 4.79 Å². The van der Waals surface area contributed by atoms with Gasteiger partial charge in [0.1, 0.15) is 11.3 Å². The molecule has 0 aliphatic heterocycles. The smallest absolute Gasteiger partial charge is 0.252 e. The van der Waals surface area contributed by atoms with Crippen LogP contribution < -0.4 is 10.1 Å². The van der Waals surface area contributed by atoms with Crippen LogP contribution in [-0.2, 0) is 0 Å². The van der Waals surface area contributed by atoms with Crippen molar-refractivity contribution < 1.29 is 13.9 Å². The highest BCUT2D eigenvalue weighted by Gasteiger charge is 2.15. The number of fused-ring (bicyclic) bond motifs is 1. The maximum absolute atomic E-state index is 12.5. The molecule has 0 saturated heterocycles. The number of aromatic nitrogens is 1. The summed E-state index contributed by atoms with van der Waals surface area (Å²) in [5, 5.41) is 3.84. The summed E-state index contributed by atoms with van der Waals surface area (Å²) in [7, 11) is 0. The van der Waals surface area contributed by atoms with E-state index < -0.39 is 0 Å². The summed E-state index contributed by atoms with van der Waals surface area (Å²) in [6.07, 6.45) is 5.01. The summed E-state index contributed by atoms with van der Waals surface area (Å²) in [6, 6.07) is 8.95. The highest BCUT2D eigenvalue weighted by molar-refractivity contribution is 5.99. The fourth-order valence-corrected chi connectivity index (χ4v) is 2.46. The zero-order valence-electron chi connectivity index (χ0n) is 13.1. The molecule has 2 heterocycles. The van der Waals surface area contributed by atoms with Gasteiger partial charge in [0.15, 0.2) is 0 Å². The average molecular weight is 310 g/mol. The van der Waals surface area contributed by atoms with Gasteiger partial charge in [-0.1, -0.05) is 0 Å². The maximum Gasteiger partial charge on any atom is 0.252 e. The number of carbonyl (C=O) groups excluding carboxylic acids is 1. The summed E-state index contributed by atoms with van der Waals surface area (Å²) in [4.78, 5) is 16.5. The van der Waals surface area contributed by atoms with Gasteiger partial charge in [0.25, 0.3) is 5.91 Å². The molecule has 5 heteroatoms. The minimum Gasteiger partial charge on any atom is -0.493 e. The lowest BCUT2D eigenvalue weighted by atomic mass is 10.1. The lowest BCUT2D eigenvalue weighted by Gasteiger charge is -2.15. The number of rotatable bonds is 5. The van der Waals surface area contributed by atoms with Crippen molar-refractivity contribution in [1.82, 2.24) is 10.3 Å². The first-order valence-electron chi connectivity index (χ1n) is 7.54. The van der Waals surface area contributed by atoms with Gasteiger partial charge in [-0.05, 0) is 49.7 Å². The van der Waals surface area contributed by atoms with Crippen molar-refractivity contribution in [2.45, 2.75) is 19.9 Å². The molecule has 3 aromatic rings. The summed E-state index contributed by atoms with van der Waals surface area (Å²) >= 11 is 0. The second-order valence-corrected chi connectivity index (χ2v) is 5.22. The van der Waals surface area contributed by atoms with E-state index in [0.29, 0.717) is 23.5 Å². The zero-order chi connectivity index (χ0) is 16.2. The maximum atomic E-state index is 12.5. The van der Waals surface area contributed by atoms with Crippen LogP contribution in [-0.4, -0.2) is 17.5 Å². The Morgan fingerprint density at radius 1 is 1.30 bits per heavy atom. The van der Waals surface area contributed by atoms with Crippen LogP contribution in [0.25, 0.3) is 11.0 Å². The summed E-state index contributed by atoms with van der Waals surface area (Å²) < 4.78 is 11.0. The Morgan fingerprint density at radius 3 is 2.83 bits per heavy atom. The molecule has 0 aliphatic rings. The van der Waals surface area contributed by atoms with E-state index in [1.54, 1.807) is 30.8 Å². The monoisotopic (exact) mass is 310 g/mol. The van der Waals surface area contributed by atoms with E-state index in [4.69, 9.17) is 9.15 Å². The predicted molar refractivity (Wildman–Crippen MR) is 87.5 cm³/mol. The van der Waals surface area contributed by atoms with E-state index in [1.165, 1.54) is 0 Å². The van der Waals surface area contributed by atoms with Gasteiger partial charge in [0.2, 0.25) is 0 Å². The van der Waals surface area contributed by atoms with Gasteiger partial charge in [-0.3, -0.25) is 9.78 Å². The van der Waals surface area contributed by atoms with Gasteiger partial charge in [-0.15, -0.1) is 0 Å². The van der Waals surface area contributed by atoms with Crippen LogP contribution >= 0.6 is 0 Å². The van der Waals surface area contributed by atoms with Crippen LogP contribution in [0.1, 0.15) is 35.8 Å². The summed E-state index contributed by atoms with van der Waals surface area (Å²) in [5.41, 5.74) is 2.15. The fraction of sp³-hybridized carbons (Fsp3) is 0.222. The second-order valence-electron chi connectivity index (χ2n) is 5.22. The van der Waals surface area contributed by atoms with Gasteiger partial charge in [0, 0.05) is 18.0 Å². The van der Waals surface area contributed by atoms with Crippen LogP contribution in [0.3, 0.4) is 0 Å². The zero-order valence-corrected chi connectivity index (χ0v) is 13.1. The first-order chi connectivity index (χ1) is 11.2. The minimum atomic E-state index is -0.173. The highest BCUT2D eigenvalue weighted by atomic mass is 16.5. The number of benzene rings is 1. The Kier molecular flexibility index (Phi) is 4.28. The molecule has 0 fully saturated rings. The average Bonchev–Trinajstić information content (AvgIpc) is 3.04. The molecule has 1 atom stereocenters. The van der Waals surface area contributed by atoms with E-state index in [0.717, 1.165) is 10.9 Å². The minimum absolute atomic E-state index is 0.117. The topological polar surface area (TPSA) is 64.4 Å². The number of hydrogen-bond acceptors (Lipinski definition) is 4. The predicted octanol–water partition coefficient (Wildman–Crippen LogP) is 3.72. The number of pyridine rings is 1. The molecule has 1 amide bonds. The molecular weight excluding hydrogens is 292 g/mol. The Labute approximate surface area is 134 Å². The second kappa shape index (κ2) is 6.52. The standard InChI is InChI=1S/C18H18N2O3/c1-3-22-16-10-14(11-17-15(16)6-9-23-17)18(21)20-12(2)13-4-7-19-8-5-13/h4-12H,3H2,1-2H3,(H,20,21)/t12-/m0/s1. The number of nitrogens with one attached hydrogen (secondary N) is 1. The van der Waals surface area contributed by atoms with E-state index in [-0.39, 0.29) is 11.9 Å². The molecule has 1 aromatic carbocycles. The lowest BCUT2D eigenvalue weighted by Crippen LogP contribution is -2.26. The van der Waals surface area contributed by atoms with Crippen LogP contribution in [0.15, 0.2) is 53.4 Å². The van der Waals surface area contributed by atoms with Crippen LogP contribution in [0.5, 0.6) is 5.75 Å². The number of carbonyl (C=O) groups is 1. The molecule has 1 N–H and O–H groups in total. The number of hydrogen-bond donors (Lipinski definition) is 1. The van der Waals surface area contributed by atoms with Crippen molar-refractivity contribution in [2.24, 2.45) is 0 Å². The number of ether oxygens (including phenoxy) is 1. The van der Waals surface area contributed by atoms with Crippen molar-refractivity contribution >= 4 is 16.9 Å². The van der Waals surface area contributed by atoms with E-state index in [1.807, 2.05) is 32.0 Å². The third-order valence-corrected chi connectivity index (χ3v) is 3.65. The SMILES string of the molecule is CCOc1cc(C(=O)N[C@@H](C)c2ccncc2)cc2occc12. The largest absolute Gasteiger partial charge is 0.493 e. The van der Waals surface area contributed by atoms with Crippen molar-refractivity contribution in [2.75, 3.05) is 6.61 Å². The van der Waals surface area contributed by atoms with Crippen molar-refractivity contribution in [3.8, 4) is 5.75 Å². The molecule has 23 heavy (non-hydrogen) atoms. The summed E-state index contributed by atoms with van der Waals surface area (Å²) in [5.74, 6) is 0.481. The van der Waals surface area contributed by atoms with Crippen LogP contribution in [0.4, 0.5) is 0 Å². The Hall–Kier alpha value is -2.82. The van der Waals surface area contributed by atoms with Gasteiger partial charge in [-0.2, -0.15) is 0 Å². The van der Waals surface area contributed by atoms with Crippen molar-refractivity contribution in [3.05, 3.63) is 60.1 Å². The van der Waals surface area contributed by atoms with Gasteiger partial charge in [-0.25, -0.2) is 0 Å². The quantitative estimate of drug-likeness (QED) is 0.780. The van der Waals surface area contributed by atoms with Gasteiger partial charge < -0.3 is 14.5 Å². The molecule has 0 spiro atoms. The van der Waals surface area contributed by atoms with Gasteiger partial charge in [0.05, 0.1) is 24.3 Å². The van der Waals surface area contributed by atoms with Crippen LogP contribution in [0.2, 0.25) is 0 Å². The number of nitrogens with zero attached hydrogens (tertiary/aromatic N) is 1. The molecule has 2 aromatic heterocycles. The molecule has 0 bridgehead atoms. The van der Waals surface area contributed by atoms with E-state index >= 15 is 0 Å². The van der Waals surface area contributed by atoms with Crippen molar-refractivity contribution in [1.29, 1.82) is 0 Å². The molecule has 0 aliphatic carbocycles. The lowest BCUT2D eigenvalue weighted by molar-refractivity contribution is 0.0939. The molecule has 0 radical (unpaired) electrons. The molecule has 118 valence electrons. The third-order valence-electron chi connectivity index (χ3n) is 3.65.